The molecule has 1 fully saturated rings. The minimum atomic E-state index is -2.63. The number of halogens is 2. The van der Waals surface area contributed by atoms with E-state index in [9.17, 15) is 13.6 Å². The van der Waals surface area contributed by atoms with Gasteiger partial charge in [0.05, 0.1) is 0 Å². The number of amides is 2. The van der Waals surface area contributed by atoms with Gasteiger partial charge in [-0.3, -0.25) is 0 Å². The summed E-state index contributed by atoms with van der Waals surface area (Å²) in [6.07, 6.45) is 2.29. The van der Waals surface area contributed by atoms with Gasteiger partial charge in [0, 0.05) is 25.4 Å². The summed E-state index contributed by atoms with van der Waals surface area (Å²) in [5.74, 6) is -2.63. The summed E-state index contributed by atoms with van der Waals surface area (Å²) >= 11 is 0. The zero-order chi connectivity index (χ0) is 11.3. The van der Waals surface area contributed by atoms with Crippen LogP contribution in [0.4, 0.5) is 13.6 Å². The fourth-order valence-corrected chi connectivity index (χ4v) is 1.70. The molecule has 2 N–H and O–H groups in total. The van der Waals surface area contributed by atoms with E-state index in [2.05, 4.69) is 17.2 Å². The van der Waals surface area contributed by atoms with Gasteiger partial charge in [-0.15, -0.1) is 6.58 Å². The Balaban J connectivity index is 2.31. The van der Waals surface area contributed by atoms with Crippen molar-refractivity contribution in [3.05, 3.63) is 12.7 Å². The quantitative estimate of drug-likeness (QED) is 0.699. The summed E-state index contributed by atoms with van der Waals surface area (Å²) < 4.78 is 25.9. The van der Waals surface area contributed by atoms with Crippen LogP contribution < -0.4 is 10.6 Å². The number of carbonyl (C=O) groups excluding carboxylic acids is 1. The lowest BCUT2D eigenvalue weighted by Gasteiger charge is -2.29. The van der Waals surface area contributed by atoms with Crippen molar-refractivity contribution in [2.45, 2.75) is 37.6 Å². The third-order valence-corrected chi connectivity index (χ3v) is 2.38. The van der Waals surface area contributed by atoms with Crippen molar-refractivity contribution < 1.29 is 13.6 Å². The molecule has 0 aromatic carbocycles. The SMILES string of the molecule is C=CCNC(=O)NC1CCCC(F)(F)C1. The van der Waals surface area contributed by atoms with Crippen LogP contribution in [0.1, 0.15) is 25.7 Å². The fourth-order valence-electron chi connectivity index (χ4n) is 1.70. The smallest absolute Gasteiger partial charge is 0.315 e. The molecule has 0 radical (unpaired) electrons. The van der Waals surface area contributed by atoms with Crippen molar-refractivity contribution in [1.29, 1.82) is 0 Å². The Labute approximate surface area is 87.9 Å². The largest absolute Gasteiger partial charge is 0.335 e. The van der Waals surface area contributed by atoms with Crippen LogP contribution in [0, 0.1) is 0 Å². The van der Waals surface area contributed by atoms with Crippen molar-refractivity contribution in [1.82, 2.24) is 10.6 Å². The van der Waals surface area contributed by atoms with Gasteiger partial charge < -0.3 is 10.6 Å². The van der Waals surface area contributed by atoms with E-state index in [1.54, 1.807) is 0 Å². The van der Waals surface area contributed by atoms with Crippen LogP contribution in [0.5, 0.6) is 0 Å². The van der Waals surface area contributed by atoms with E-state index >= 15 is 0 Å². The van der Waals surface area contributed by atoms with Gasteiger partial charge >= 0.3 is 6.03 Å². The van der Waals surface area contributed by atoms with Gasteiger partial charge in [0.25, 0.3) is 0 Å². The van der Waals surface area contributed by atoms with Gasteiger partial charge in [0.15, 0.2) is 0 Å². The summed E-state index contributed by atoms with van der Waals surface area (Å²) in [5, 5.41) is 5.03. The average molecular weight is 218 g/mol. The number of alkyl halides is 2. The lowest BCUT2D eigenvalue weighted by Crippen LogP contribution is -2.46. The minimum absolute atomic E-state index is 0.0700. The molecule has 0 heterocycles. The highest BCUT2D eigenvalue weighted by Gasteiger charge is 2.36. The van der Waals surface area contributed by atoms with Crippen LogP contribution in [0.2, 0.25) is 0 Å². The molecule has 5 heteroatoms. The third-order valence-electron chi connectivity index (χ3n) is 2.38. The first kappa shape index (κ1) is 11.9. The molecule has 1 aliphatic rings. The standard InChI is InChI=1S/C10H16F2N2O/c1-2-6-13-9(15)14-8-4-3-5-10(11,12)7-8/h2,8H,1,3-7H2,(H2,13,14,15). The summed E-state index contributed by atoms with van der Waals surface area (Å²) in [7, 11) is 0. The molecule has 0 aliphatic heterocycles. The highest BCUT2D eigenvalue weighted by molar-refractivity contribution is 5.74. The molecule has 3 nitrogen and oxygen atoms in total. The second kappa shape index (κ2) is 5.09. The number of rotatable bonds is 3. The zero-order valence-corrected chi connectivity index (χ0v) is 8.56. The molecule has 1 rings (SSSR count). The Bertz CT molecular complexity index is 244. The Kier molecular flexibility index (Phi) is 4.05. The predicted molar refractivity (Wildman–Crippen MR) is 53.9 cm³/mol. The van der Waals surface area contributed by atoms with Crippen LogP contribution in [-0.2, 0) is 0 Å². The van der Waals surface area contributed by atoms with Crippen molar-refractivity contribution in [3.63, 3.8) is 0 Å². The van der Waals surface area contributed by atoms with E-state index in [0.29, 0.717) is 19.4 Å². The Morgan fingerprint density at radius 3 is 2.93 bits per heavy atom. The molecule has 1 saturated carbocycles. The van der Waals surface area contributed by atoms with Crippen molar-refractivity contribution >= 4 is 6.03 Å². The van der Waals surface area contributed by atoms with Crippen molar-refractivity contribution in [3.8, 4) is 0 Å². The molecule has 1 atom stereocenters. The number of hydrogen-bond acceptors (Lipinski definition) is 1. The van der Waals surface area contributed by atoms with E-state index in [4.69, 9.17) is 0 Å². The first-order valence-electron chi connectivity index (χ1n) is 5.06. The lowest BCUT2D eigenvalue weighted by atomic mass is 9.92. The topological polar surface area (TPSA) is 41.1 Å². The molecule has 86 valence electrons. The van der Waals surface area contributed by atoms with E-state index in [1.165, 1.54) is 6.08 Å². The number of carbonyl (C=O) groups is 1. The maximum atomic E-state index is 13.0. The third kappa shape index (κ3) is 4.27. The van der Waals surface area contributed by atoms with E-state index < -0.39 is 18.0 Å². The van der Waals surface area contributed by atoms with Gasteiger partial charge in [0.2, 0.25) is 5.92 Å². The molecule has 15 heavy (non-hydrogen) atoms. The second-order valence-corrected chi connectivity index (χ2v) is 3.79. The van der Waals surface area contributed by atoms with Crippen molar-refractivity contribution in [2.75, 3.05) is 6.54 Å². The van der Waals surface area contributed by atoms with Crippen LogP contribution in [0.15, 0.2) is 12.7 Å². The molecule has 0 bridgehead atoms. The monoisotopic (exact) mass is 218 g/mol. The molecule has 0 spiro atoms. The first-order valence-corrected chi connectivity index (χ1v) is 5.06. The fraction of sp³-hybridized carbons (Fsp3) is 0.700. The van der Waals surface area contributed by atoms with Gasteiger partial charge in [-0.1, -0.05) is 6.08 Å². The maximum absolute atomic E-state index is 13.0. The summed E-state index contributed by atoms with van der Waals surface area (Å²) in [6, 6.07) is -0.823. The molecule has 1 unspecified atom stereocenters. The Morgan fingerprint density at radius 1 is 1.60 bits per heavy atom. The average Bonchev–Trinajstić information content (AvgIpc) is 2.13. The van der Waals surface area contributed by atoms with E-state index in [-0.39, 0.29) is 12.8 Å². The molecule has 2 amide bonds. The molecule has 0 saturated heterocycles. The lowest BCUT2D eigenvalue weighted by molar-refractivity contribution is -0.0425. The van der Waals surface area contributed by atoms with E-state index in [1.807, 2.05) is 0 Å². The number of nitrogens with one attached hydrogen (secondary N) is 2. The number of urea groups is 1. The predicted octanol–water partition coefficient (Wildman–Crippen LogP) is 2.05. The minimum Gasteiger partial charge on any atom is -0.335 e. The number of hydrogen-bond donors (Lipinski definition) is 2. The van der Waals surface area contributed by atoms with Crippen LogP contribution >= 0.6 is 0 Å². The molecular weight excluding hydrogens is 202 g/mol. The molecule has 0 aromatic heterocycles. The highest BCUT2D eigenvalue weighted by Crippen LogP contribution is 2.32. The van der Waals surface area contributed by atoms with Gasteiger partial charge in [-0.25, -0.2) is 13.6 Å². The summed E-state index contributed by atoms with van der Waals surface area (Å²) in [4.78, 5) is 11.2. The normalized spacial score (nSPS) is 24.3. The molecular formula is C10H16F2N2O. The first-order chi connectivity index (χ1) is 7.03. The van der Waals surface area contributed by atoms with Gasteiger partial charge in [0.1, 0.15) is 0 Å². The maximum Gasteiger partial charge on any atom is 0.315 e. The highest BCUT2D eigenvalue weighted by atomic mass is 19.3. The zero-order valence-electron chi connectivity index (χ0n) is 8.56. The van der Waals surface area contributed by atoms with Crippen molar-refractivity contribution in [2.24, 2.45) is 0 Å². The van der Waals surface area contributed by atoms with E-state index in [0.717, 1.165) is 0 Å². The van der Waals surface area contributed by atoms with Crippen LogP contribution in [0.25, 0.3) is 0 Å². The summed E-state index contributed by atoms with van der Waals surface area (Å²) in [5.41, 5.74) is 0. The molecule has 1 aliphatic carbocycles. The van der Waals surface area contributed by atoms with Crippen LogP contribution in [0.3, 0.4) is 0 Å². The second-order valence-electron chi connectivity index (χ2n) is 3.79. The summed E-state index contributed by atoms with van der Waals surface area (Å²) in [6.45, 7) is 3.78. The molecule has 0 aromatic rings. The van der Waals surface area contributed by atoms with Crippen LogP contribution in [-0.4, -0.2) is 24.5 Å². The Morgan fingerprint density at radius 2 is 2.33 bits per heavy atom. The van der Waals surface area contributed by atoms with Gasteiger partial charge in [-0.2, -0.15) is 0 Å². The van der Waals surface area contributed by atoms with Gasteiger partial charge in [-0.05, 0) is 12.8 Å². The Hall–Kier alpha value is -1.13.